The molecule has 0 amide bonds. The summed E-state index contributed by atoms with van der Waals surface area (Å²) in [6.07, 6.45) is 0. The van der Waals surface area contributed by atoms with Crippen LogP contribution < -0.4 is 0 Å². The maximum atomic E-state index is 3.80. The maximum absolute atomic E-state index is 3.80. The molecule has 0 unspecified atom stereocenters. The first-order valence-corrected chi connectivity index (χ1v) is 5.36. The van der Waals surface area contributed by atoms with Gasteiger partial charge in [-0.1, -0.05) is 13.8 Å². The second-order valence-electron chi connectivity index (χ2n) is 4.43. The number of rotatable bonds is 1. The molecule has 0 saturated heterocycles. The van der Waals surface area contributed by atoms with E-state index in [0.29, 0.717) is 0 Å². The van der Waals surface area contributed by atoms with E-state index in [0.717, 1.165) is 6.54 Å². The Bertz CT molecular complexity index is 92.4. The third-order valence-corrected chi connectivity index (χ3v) is 1.22. The Morgan fingerprint density at radius 1 is 1.07 bits per heavy atom. The number of hydrogen-bond donors (Lipinski definition) is 0. The minimum atomic E-state index is 0. The van der Waals surface area contributed by atoms with Gasteiger partial charge in [0.1, 0.15) is 0 Å². The average molecular weight is 289 g/mol. The van der Waals surface area contributed by atoms with Crippen molar-refractivity contribution >= 4 is 0 Å². The molecule has 0 N–H and O–H groups in total. The summed E-state index contributed by atoms with van der Waals surface area (Å²) in [5, 5.41) is 0. The molecule has 0 rings (SSSR count). The smallest absolute Gasteiger partial charge is 0.480 e. The second-order valence-corrected chi connectivity index (χ2v) is 4.43. The van der Waals surface area contributed by atoms with E-state index in [1.807, 2.05) is 18.7 Å². The van der Waals surface area contributed by atoms with Crippen molar-refractivity contribution in [1.82, 2.24) is 4.90 Å². The molecule has 0 aromatic heterocycles. The van der Waals surface area contributed by atoms with Crippen LogP contribution in [0.5, 0.6) is 0 Å². The molecule has 0 saturated carbocycles. The summed E-state index contributed by atoms with van der Waals surface area (Å²) in [5.41, 5.74) is 0.168. The van der Waals surface area contributed by atoms with E-state index in [1.165, 1.54) is 5.92 Å². The van der Waals surface area contributed by atoms with Gasteiger partial charge in [0, 0.05) is 0 Å². The predicted molar refractivity (Wildman–Crippen MR) is 68.8 cm³/mol. The van der Waals surface area contributed by atoms with Crippen molar-refractivity contribution in [3.05, 3.63) is 19.9 Å². The Morgan fingerprint density at radius 2 is 1.27 bits per heavy atom. The normalized spacial score (nSPS) is 9.60. The van der Waals surface area contributed by atoms with Crippen molar-refractivity contribution in [3.8, 4) is 0 Å². The van der Waals surface area contributed by atoms with E-state index in [-0.39, 0.29) is 38.2 Å². The van der Waals surface area contributed by atoms with E-state index >= 15 is 0 Å². The summed E-state index contributed by atoms with van der Waals surface area (Å²) >= 11 is 0. The van der Waals surface area contributed by atoms with Gasteiger partial charge < -0.3 is 17.7 Å². The maximum Gasteiger partial charge on any atom is 3.00 e. The standard InChI is InChI=1S/C7H15N.C4H9.C2H6.Y/c1-6-8(5)7(2,3)4;1-4(2)3;1-2;/h1,5-6H2,2-4H3;1-3H3;1-2H3;/q-2;-1;;+3. The van der Waals surface area contributed by atoms with Gasteiger partial charge in [0.15, 0.2) is 0 Å². The molecule has 90 valence electrons. The SMILES string of the molecule is CC.C[C-](C)C.[CH2-]CN([CH2-])C(C)(C)C.[Y+3]. The molecular weight excluding hydrogens is 259 g/mol. The first-order chi connectivity index (χ1) is 6.21. The van der Waals surface area contributed by atoms with E-state index in [4.69, 9.17) is 0 Å². The summed E-state index contributed by atoms with van der Waals surface area (Å²) in [4.78, 5) is 1.95. The fourth-order valence-corrected chi connectivity index (χ4v) is 0.335. The minimum absolute atomic E-state index is 0. The zero-order valence-electron chi connectivity index (χ0n) is 12.1. The molecule has 0 radical (unpaired) electrons. The molecule has 0 fully saturated rings. The fourth-order valence-electron chi connectivity index (χ4n) is 0.335. The van der Waals surface area contributed by atoms with Gasteiger partial charge in [-0.2, -0.15) is 27.3 Å². The van der Waals surface area contributed by atoms with Gasteiger partial charge in [-0.3, -0.25) is 7.05 Å². The van der Waals surface area contributed by atoms with Crippen molar-refractivity contribution in [1.29, 1.82) is 0 Å². The van der Waals surface area contributed by atoms with Crippen LogP contribution in [0, 0.1) is 19.9 Å². The predicted octanol–water partition coefficient (Wildman–Crippen LogP) is 4.36. The van der Waals surface area contributed by atoms with Gasteiger partial charge >= 0.3 is 32.7 Å². The molecule has 0 aliphatic heterocycles. The van der Waals surface area contributed by atoms with Gasteiger partial charge in [0.2, 0.25) is 0 Å². The molecule has 0 aromatic carbocycles. The molecule has 0 bridgehead atoms. The second kappa shape index (κ2) is 15.1. The molecule has 0 aliphatic rings. The topological polar surface area (TPSA) is 3.24 Å². The summed E-state index contributed by atoms with van der Waals surface area (Å²) < 4.78 is 0. The van der Waals surface area contributed by atoms with Gasteiger partial charge in [0.25, 0.3) is 0 Å². The number of hydrogen-bond acceptors (Lipinski definition) is 1. The average Bonchev–Trinajstić information content (AvgIpc) is 2.04. The van der Waals surface area contributed by atoms with Crippen LogP contribution >= 0.6 is 0 Å². The van der Waals surface area contributed by atoms with Gasteiger partial charge in [-0.25, -0.2) is 0 Å². The molecule has 0 aromatic rings. The molecule has 0 heterocycles. The van der Waals surface area contributed by atoms with Gasteiger partial charge in [-0.05, 0) is 26.3 Å². The van der Waals surface area contributed by atoms with Crippen LogP contribution in [0.1, 0.15) is 55.4 Å². The molecule has 2 heteroatoms. The fraction of sp³-hybridized carbons (Fsp3) is 0.769. The van der Waals surface area contributed by atoms with Crippen LogP contribution in [-0.4, -0.2) is 17.0 Å². The van der Waals surface area contributed by atoms with Gasteiger partial charge in [0.05, 0.1) is 0 Å². The van der Waals surface area contributed by atoms with Crippen molar-refractivity contribution in [2.45, 2.75) is 60.9 Å². The molecule has 0 spiro atoms. The van der Waals surface area contributed by atoms with Crippen molar-refractivity contribution in [2.24, 2.45) is 0 Å². The van der Waals surface area contributed by atoms with Crippen LogP contribution in [0.2, 0.25) is 0 Å². The minimum Gasteiger partial charge on any atom is -0.480 e. The van der Waals surface area contributed by atoms with Crippen LogP contribution in [0.4, 0.5) is 0 Å². The summed E-state index contributed by atoms with van der Waals surface area (Å²) in [5.74, 6) is 1.42. The van der Waals surface area contributed by atoms with Crippen molar-refractivity contribution < 1.29 is 32.7 Å². The third-order valence-electron chi connectivity index (χ3n) is 1.22. The van der Waals surface area contributed by atoms with E-state index < -0.39 is 0 Å². The zero-order chi connectivity index (χ0) is 12.4. The Balaban J connectivity index is -0.0000000742. The third kappa shape index (κ3) is 31.3. The van der Waals surface area contributed by atoms with Crippen LogP contribution in [0.3, 0.4) is 0 Å². The quantitative estimate of drug-likeness (QED) is 0.648. The summed E-state index contributed by atoms with van der Waals surface area (Å²) in [6.45, 7) is 21.1. The summed E-state index contributed by atoms with van der Waals surface area (Å²) in [7, 11) is 3.80. The Morgan fingerprint density at radius 3 is 1.27 bits per heavy atom. The monoisotopic (exact) mass is 289 g/mol. The largest absolute Gasteiger partial charge is 3.00 e. The first kappa shape index (κ1) is 25.0. The van der Waals surface area contributed by atoms with Crippen molar-refractivity contribution in [3.63, 3.8) is 0 Å². The van der Waals surface area contributed by atoms with Gasteiger partial charge in [-0.15, -0.1) is 0 Å². The number of nitrogens with zero attached hydrogens (tertiary/aromatic N) is 1. The Kier molecular flexibility index (Phi) is 25.2. The van der Waals surface area contributed by atoms with E-state index in [9.17, 15) is 0 Å². The Labute approximate surface area is 124 Å². The molecule has 15 heavy (non-hydrogen) atoms. The van der Waals surface area contributed by atoms with Crippen LogP contribution in [-0.2, 0) is 32.7 Å². The molecule has 1 nitrogen and oxygen atoms in total. The molecule has 0 aliphatic carbocycles. The van der Waals surface area contributed by atoms with Crippen LogP contribution in [0.15, 0.2) is 0 Å². The van der Waals surface area contributed by atoms with Crippen molar-refractivity contribution in [2.75, 3.05) is 6.54 Å². The van der Waals surface area contributed by atoms with E-state index in [1.54, 1.807) is 0 Å². The Hall–Kier alpha value is 1.06. The summed E-state index contributed by atoms with van der Waals surface area (Å²) in [6, 6.07) is 0. The molecule has 0 atom stereocenters. The zero-order valence-corrected chi connectivity index (χ0v) is 15.0. The van der Waals surface area contributed by atoms with E-state index in [2.05, 4.69) is 55.5 Å². The first-order valence-electron chi connectivity index (χ1n) is 5.36. The molecular formula is C13H30NY. The van der Waals surface area contributed by atoms with Crippen LogP contribution in [0.25, 0.3) is 0 Å².